The van der Waals surface area contributed by atoms with Gasteiger partial charge in [-0.25, -0.2) is 4.98 Å². The van der Waals surface area contributed by atoms with Crippen molar-refractivity contribution >= 4 is 48.4 Å². The van der Waals surface area contributed by atoms with Crippen LogP contribution in [0.4, 0.5) is 5.82 Å². The van der Waals surface area contributed by atoms with Crippen molar-refractivity contribution in [3.8, 4) is 5.75 Å². The zero-order chi connectivity index (χ0) is 29.5. The van der Waals surface area contributed by atoms with Crippen LogP contribution < -0.4 is 21.1 Å². The lowest BCUT2D eigenvalue weighted by atomic mass is 9.90. The average molecular weight is 622 g/mol. The maximum absolute atomic E-state index is 13.4. The van der Waals surface area contributed by atoms with Gasteiger partial charge in [0.15, 0.2) is 5.82 Å². The highest BCUT2D eigenvalue weighted by molar-refractivity contribution is 5.98. The predicted octanol–water partition coefficient (Wildman–Crippen LogP) is 3.77. The summed E-state index contributed by atoms with van der Waals surface area (Å²) in [5.41, 5.74) is 5.56. The number of aromatic nitrogens is 2. The fourth-order valence-corrected chi connectivity index (χ4v) is 4.35. The molecule has 3 aromatic rings. The van der Waals surface area contributed by atoms with Gasteiger partial charge in [0.2, 0.25) is 11.8 Å². The molecule has 1 aromatic heterocycles. The van der Waals surface area contributed by atoms with Crippen molar-refractivity contribution in [2.75, 3.05) is 26.5 Å². The molecule has 2 atom stereocenters. The Hall–Kier alpha value is -3.60. The SMILES string of the molecule is COc1ccc(C(C)(C(=O)N(C)C)n2cnc(NC(=O)[C@@H](CCCc3ccccc3)NC(=O)C(C)(C)N)c2)cc1.Cl.Cl. The van der Waals surface area contributed by atoms with Crippen LogP contribution in [0.25, 0.3) is 0 Å². The molecule has 12 heteroatoms. The van der Waals surface area contributed by atoms with E-state index < -0.39 is 28.9 Å². The van der Waals surface area contributed by atoms with E-state index in [1.807, 2.05) is 42.5 Å². The summed E-state index contributed by atoms with van der Waals surface area (Å²) in [7, 11) is 4.95. The zero-order valence-electron chi connectivity index (χ0n) is 24.9. The van der Waals surface area contributed by atoms with Crippen LogP contribution >= 0.6 is 24.8 Å². The number of nitrogens with zero attached hydrogens (tertiary/aromatic N) is 3. The first kappa shape index (κ1) is 36.4. The summed E-state index contributed by atoms with van der Waals surface area (Å²) >= 11 is 0. The Morgan fingerprint density at radius 2 is 1.64 bits per heavy atom. The van der Waals surface area contributed by atoms with Gasteiger partial charge in [0, 0.05) is 20.3 Å². The number of carbonyl (C=O) groups is 3. The number of halogens is 2. The van der Waals surface area contributed by atoms with E-state index >= 15 is 0 Å². The molecule has 3 rings (SSSR count). The number of rotatable bonds is 12. The van der Waals surface area contributed by atoms with Gasteiger partial charge in [-0.05, 0) is 63.3 Å². The second kappa shape index (κ2) is 15.6. The van der Waals surface area contributed by atoms with Gasteiger partial charge in [0.05, 0.1) is 19.0 Å². The molecular weight excluding hydrogens is 579 g/mol. The maximum atomic E-state index is 13.4. The van der Waals surface area contributed by atoms with Gasteiger partial charge < -0.3 is 30.6 Å². The van der Waals surface area contributed by atoms with Crippen molar-refractivity contribution in [3.63, 3.8) is 0 Å². The van der Waals surface area contributed by atoms with Gasteiger partial charge >= 0.3 is 0 Å². The summed E-state index contributed by atoms with van der Waals surface area (Å²) in [5, 5.41) is 5.59. The predicted molar refractivity (Wildman–Crippen MR) is 169 cm³/mol. The fourth-order valence-electron chi connectivity index (χ4n) is 4.35. The third-order valence-electron chi connectivity index (χ3n) is 6.83. The molecule has 0 spiro atoms. The van der Waals surface area contributed by atoms with E-state index in [0.29, 0.717) is 18.6 Å². The topological polar surface area (TPSA) is 132 Å². The molecule has 0 radical (unpaired) electrons. The molecule has 0 aliphatic rings. The van der Waals surface area contributed by atoms with E-state index in [1.54, 1.807) is 64.9 Å². The molecule has 10 nitrogen and oxygen atoms in total. The van der Waals surface area contributed by atoms with Crippen LogP contribution in [0, 0.1) is 0 Å². The Kier molecular flexibility index (Phi) is 13.5. The van der Waals surface area contributed by atoms with Crippen molar-refractivity contribution in [2.45, 2.75) is 57.2 Å². The molecule has 0 aliphatic carbocycles. The molecule has 0 saturated carbocycles. The standard InChI is InChI=1S/C30H40N6O4.2ClH/c1-29(2,31)27(38)33-24(14-10-13-21-11-8-7-9-12-21)26(37)34-25-19-36(20-32-25)30(3,28(39)35(4)5)22-15-17-23(40-6)18-16-22;;/h7-9,11-12,15-20,24H,10,13-14,31H2,1-6H3,(H,33,38)(H,34,37);2*1H/t24-,30?;;/m1../s1. The van der Waals surface area contributed by atoms with Crippen LogP contribution in [-0.4, -0.2) is 65.0 Å². The second-order valence-electron chi connectivity index (χ2n) is 10.8. The minimum atomic E-state index is -1.15. The smallest absolute Gasteiger partial charge is 0.252 e. The summed E-state index contributed by atoms with van der Waals surface area (Å²) < 4.78 is 6.93. The van der Waals surface area contributed by atoms with Crippen LogP contribution in [-0.2, 0) is 26.3 Å². The van der Waals surface area contributed by atoms with E-state index in [9.17, 15) is 14.4 Å². The average Bonchev–Trinajstić information content (AvgIpc) is 3.40. The number of hydrogen-bond donors (Lipinski definition) is 3. The minimum absolute atomic E-state index is 0. The number of aryl methyl sites for hydroxylation is 1. The summed E-state index contributed by atoms with van der Waals surface area (Å²) in [6.07, 6.45) is 4.96. The number of nitrogens with two attached hydrogens (primary N) is 1. The first-order chi connectivity index (χ1) is 18.9. The van der Waals surface area contributed by atoms with Crippen LogP contribution in [0.3, 0.4) is 0 Å². The molecule has 230 valence electrons. The lowest BCUT2D eigenvalue weighted by molar-refractivity contribution is -0.135. The van der Waals surface area contributed by atoms with Crippen LogP contribution in [0.15, 0.2) is 67.1 Å². The lowest BCUT2D eigenvalue weighted by Gasteiger charge is -2.33. The normalized spacial score (nSPS) is 12.9. The van der Waals surface area contributed by atoms with Gasteiger partial charge in [0.25, 0.3) is 5.91 Å². The Morgan fingerprint density at radius 1 is 1.02 bits per heavy atom. The number of carbonyl (C=O) groups excluding carboxylic acids is 3. The van der Waals surface area contributed by atoms with Crippen LogP contribution in [0.5, 0.6) is 5.75 Å². The van der Waals surface area contributed by atoms with E-state index in [1.165, 1.54) is 11.2 Å². The summed E-state index contributed by atoms with van der Waals surface area (Å²) in [6.45, 7) is 4.97. The Balaban J connectivity index is 0.00000441. The maximum Gasteiger partial charge on any atom is 0.252 e. The van der Waals surface area contributed by atoms with Crippen molar-refractivity contribution < 1.29 is 19.1 Å². The molecule has 3 amide bonds. The molecule has 42 heavy (non-hydrogen) atoms. The first-order valence-electron chi connectivity index (χ1n) is 13.2. The second-order valence-corrected chi connectivity index (χ2v) is 10.8. The number of nitrogens with one attached hydrogen (secondary N) is 2. The third-order valence-corrected chi connectivity index (χ3v) is 6.83. The number of imidazole rings is 1. The molecule has 2 aromatic carbocycles. The molecule has 4 N–H and O–H groups in total. The zero-order valence-corrected chi connectivity index (χ0v) is 26.6. The summed E-state index contributed by atoms with van der Waals surface area (Å²) in [5.74, 6) is -0.0969. The Labute approximate surface area is 260 Å². The summed E-state index contributed by atoms with van der Waals surface area (Å²) in [6, 6.07) is 16.3. The Morgan fingerprint density at radius 3 is 2.19 bits per heavy atom. The largest absolute Gasteiger partial charge is 0.497 e. The third kappa shape index (κ3) is 8.95. The number of likely N-dealkylation sites (N-methyl/N-ethyl adjacent to an activating group) is 1. The van der Waals surface area contributed by atoms with Crippen LogP contribution in [0.2, 0.25) is 0 Å². The molecule has 0 aliphatic heterocycles. The number of anilines is 1. The number of benzene rings is 2. The molecular formula is C30H42Cl2N6O4. The highest BCUT2D eigenvalue weighted by Gasteiger charge is 2.39. The number of hydrogen-bond acceptors (Lipinski definition) is 6. The fraction of sp³-hybridized carbons (Fsp3) is 0.400. The van der Waals surface area contributed by atoms with Gasteiger partial charge in [-0.3, -0.25) is 14.4 Å². The monoisotopic (exact) mass is 620 g/mol. The van der Waals surface area contributed by atoms with Crippen molar-refractivity contribution in [1.29, 1.82) is 0 Å². The quantitative estimate of drug-likeness (QED) is 0.282. The number of amides is 3. The van der Waals surface area contributed by atoms with Gasteiger partial charge in [0.1, 0.15) is 17.3 Å². The van der Waals surface area contributed by atoms with Crippen molar-refractivity contribution in [3.05, 3.63) is 78.2 Å². The van der Waals surface area contributed by atoms with Gasteiger partial charge in [-0.2, -0.15) is 0 Å². The van der Waals surface area contributed by atoms with E-state index in [4.69, 9.17) is 10.5 Å². The summed E-state index contributed by atoms with van der Waals surface area (Å²) in [4.78, 5) is 45.3. The number of ether oxygens (including phenoxy) is 1. The van der Waals surface area contributed by atoms with Gasteiger partial charge in [-0.15, -0.1) is 24.8 Å². The molecule has 0 bridgehead atoms. The molecule has 0 saturated heterocycles. The minimum Gasteiger partial charge on any atom is -0.497 e. The van der Waals surface area contributed by atoms with Crippen molar-refractivity contribution in [2.24, 2.45) is 5.73 Å². The highest BCUT2D eigenvalue weighted by atomic mass is 35.5. The Bertz CT molecular complexity index is 1310. The van der Waals surface area contributed by atoms with E-state index in [2.05, 4.69) is 15.6 Å². The molecule has 1 heterocycles. The lowest BCUT2D eigenvalue weighted by Crippen LogP contribution is -2.54. The van der Waals surface area contributed by atoms with Gasteiger partial charge in [-0.1, -0.05) is 42.5 Å². The molecule has 0 fully saturated rings. The van der Waals surface area contributed by atoms with E-state index in [-0.39, 0.29) is 36.5 Å². The number of methoxy groups -OCH3 is 1. The highest BCUT2D eigenvalue weighted by Crippen LogP contribution is 2.30. The molecule has 1 unspecified atom stereocenters. The van der Waals surface area contributed by atoms with Crippen molar-refractivity contribution in [1.82, 2.24) is 19.8 Å². The van der Waals surface area contributed by atoms with E-state index in [0.717, 1.165) is 17.5 Å². The van der Waals surface area contributed by atoms with Crippen LogP contribution in [0.1, 0.15) is 44.7 Å². The first-order valence-corrected chi connectivity index (χ1v) is 13.2.